The van der Waals surface area contributed by atoms with Crippen LogP contribution in [0.1, 0.15) is 6.42 Å². The van der Waals surface area contributed by atoms with Gasteiger partial charge in [0.2, 0.25) is 0 Å². The van der Waals surface area contributed by atoms with Crippen LogP contribution in [0.4, 0.5) is 4.39 Å². The van der Waals surface area contributed by atoms with Crippen LogP contribution in [0.3, 0.4) is 0 Å². The van der Waals surface area contributed by atoms with E-state index in [4.69, 9.17) is 4.74 Å². The summed E-state index contributed by atoms with van der Waals surface area (Å²) in [5, 5.41) is 0. The summed E-state index contributed by atoms with van der Waals surface area (Å²) in [6, 6.07) is 0.528. The summed E-state index contributed by atoms with van der Waals surface area (Å²) in [7, 11) is 0. The third-order valence-corrected chi connectivity index (χ3v) is 2.30. The molecule has 0 N–H and O–H groups in total. The normalized spacial score (nSPS) is 36.3. The zero-order valence-corrected chi connectivity index (χ0v) is 5.92. The summed E-state index contributed by atoms with van der Waals surface area (Å²) in [6.45, 7) is 3.18. The molecule has 0 unspecified atom stereocenters. The molecular weight excluding hydrogens is 133 g/mol. The topological polar surface area (TPSA) is 12.5 Å². The van der Waals surface area contributed by atoms with Gasteiger partial charge in [-0.3, -0.25) is 4.90 Å². The highest BCUT2D eigenvalue weighted by molar-refractivity contribution is 4.84. The van der Waals surface area contributed by atoms with E-state index < -0.39 is 6.17 Å². The maximum atomic E-state index is 12.6. The molecule has 2 nitrogen and oxygen atoms in total. The molecule has 58 valence electrons. The minimum atomic E-state index is -0.583. The van der Waals surface area contributed by atoms with E-state index in [9.17, 15) is 4.39 Å². The van der Waals surface area contributed by atoms with Crippen molar-refractivity contribution in [2.75, 3.05) is 26.3 Å². The molecule has 2 heterocycles. The Hall–Kier alpha value is -0.150. The molecule has 3 heteroatoms. The van der Waals surface area contributed by atoms with Gasteiger partial charge in [0.05, 0.1) is 19.3 Å². The van der Waals surface area contributed by atoms with E-state index in [-0.39, 0.29) is 0 Å². The molecule has 2 aliphatic heterocycles. The number of hydrogen-bond acceptors (Lipinski definition) is 2. The van der Waals surface area contributed by atoms with Crippen molar-refractivity contribution >= 4 is 0 Å². The number of rotatable bonds is 1. The molecule has 0 amide bonds. The molecule has 0 spiro atoms. The van der Waals surface area contributed by atoms with Crippen LogP contribution in [0, 0.1) is 0 Å². The molecule has 0 aromatic carbocycles. The Bertz CT molecular complexity index is 127. The SMILES string of the molecule is F[C@H]1CCN(C2COC2)C1. The van der Waals surface area contributed by atoms with Crippen LogP contribution in [0.5, 0.6) is 0 Å². The first-order valence-electron chi connectivity index (χ1n) is 3.82. The van der Waals surface area contributed by atoms with Gasteiger partial charge in [0.1, 0.15) is 6.17 Å². The van der Waals surface area contributed by atoms with Gasteiger partial charge in [-0.1, -0.05) is 0 Å². The maximum Gasteiger partial charge on any atom is 0.114 e. The van der Waals surface area contributed by atoms with Gasteiger partial charge in [-0.2, -0.15) is 0 Å². The van der Waals surface area contributed by atoms with Crippen molar-refractivity contribution in [1.82, 2.24) is 4.90 Å². The maximum absolute atomic E-state index is 12.6. The number of nitrogens with zero attached hydrogens (tertiary/aromatic N) is 1. The van der Waals surface area contributed by atoms with Crippen LogP contribution in [-0.2, 0) is 4.74 Å². The van der Waals surface area contributed by atoms with Gasteiger partial charge >= 0.3 is 0 Å². The van der Waals surface area contributed by atoms with Crippen LogP contribution in [0.25, 0.3) is 0 Å². The fraction of sp³-hybridized carbons (Fsp3) is 1.00. The van der Waals surface area contributed by atoms with E-state index in [2.05, 4.69) is 4.90 Å². The van der Waals surface area contributed by atoms with E-state index in [0.29, 0.717) is 12.6 Å². The molecule has 0 aromatic heterocycles. The van der Waals surface area contributed by atoms with Crippen molar-refractivity contribution < 1.29 is 9.13 Å². The summed E-state index contributed by atoms with van der Waals surface area (Å²) in [5.41, 5.74) is 0. The highest BCUT2D eigenvalue weighted by Crippen LogP contribution is 2.19. The van der Waals surface area contributed by atoms with E-state index in [1.165, 1.54) is 0 Å². The van der Waals surface area contributed by atoms with Crippen molar-refractivity contribution in [1.29, 1.82) is 0 Å². The number of likely N-dealkylation sites (tertiary alicyclic amines) is 1. The van der Waals surface area contributed by atoms with E-state index in [0.717, 1.165) is 26.2 Å². The highest BCUT2D eigenvalue weighted by atomic mass is 19.1. The Kier molecular flexibility index (Phi) is 1.62. The molecule has 0 radical (unpaired) electrons. The Morgan fingerprint density at radius 2 is 2.20 bits per heavy atom. The molecule has 1 atom stereocenters. The standard InChI is InChI=1S/C7H12FNO/c8-6-1-2-9(3-6)7-4-10-5-7/h6-7H,1-5H2/t6-/m0/s1. The van der Waals surface area contributed by atoms with E-state index in [1.54, 1.807) is 0 Å². The fourth-order valence-electron chi connectivity index (χ4n) is 1.51. The van der Waals surface area contributed by atoms with Crippen LogP contribution in [0.15, 0.2) is 0 Å². The number of halogens is 1. The second-order valence-electron chi connectivity index (χ2n) is 3.07. The van der Waals surface area contributed by atoms with Crippen LogP contribution < -0.4 is 0 Å². The lowest BCUT2D eigenvalue weighted by Crippen LogP contribution is -2.47. The van der Waals surface area contributed by atoms with Crippen molar-refractivity contribution in [3.05, 3.63) is 0 Å². The van der Waals surface area contributed by atoms with Crippen LogP contribution in [0.2, 0.25) is 0 Å². The minimum Gasteiger partial charge on any atom is -0.378 e. The quantitative estimate of drug-likeness (QED) is 0.530. The smallest absolute Gasteiger partial charge is 0.114 e. The summed E-state index contributed by atoms with van der Waals surface area (Å²) in [6.07, 6.45) is 0.136. The third kappa shape index (κ3) is 1.04. The van der Waals surface area contributed by atoms with Crippen molar-refractivity contribution in [2.45, 2.75) is 18.6 Å². The zero-order valence-electron chi connectivity index (χ0n) is 5.92. The monoisotopic (exact) mass is 145 g/mol. The largest absolute Gasteiger partial charge is 0.378 e. The molecular formula is C7H12FNO. The molecule has 10 heavy (non-hydrogen) atoms. The first-order chi connectivity index (χ1) is 4.86. The molecule has 0 aromatic rings. The first kappa shape index (κ1) is 6.55. The van der Waals surface area contributed by atoms with Gasteiger partial charge in [-0.15, -0.1) is 0 Å². The average Bonchev–Trinajstić information content (AvgIpc) is 2.10. The summed E-state index contributed by atoms with van der Waals surface area (Å²) in [4.78, 5) is 2.19. The van der Waals surface area contributed by atoms with Crippen molar-refractivity contribution in [2.24, 2.45) is 0 Å². The Morgan fingerprint density at radius 3 is 2.60 bits per heavy atom. The molecule has 2 aliphatic rings. The minimum absolute atomic E-state index is 0.528. The molecule has 2 rings (SSSR count). The van der Waals surface area contributed by atoms with Gasteiger partial charge < -0.3 is 4.74 Å². The molecule has 0 bridgehead atoms. The number of ether oxygens (including phenoxy) is 1. The van der Waals surface area contributed by atoms with Gasteiger partial charge in [-0.25, -0.2) is 4.39 Å². The van der Waals surface area contributed by atoms with Gasteiger partial charge in [0.15, 0.2) is 0 Å². The molecule has 0 saturated carbocycles. The fourth-order valence-corrected chi connectivity index (χ4v) is 1.51. The van der Waals surface area contributed by atoms with Gasteiger partial charge in [0.25, 0.3) is 0 Å². The first-order valence-corrected chi connectivity index (χ1v) is 3.82. The zero-order chi connectivity index (χ0) is 6.97. The van der Waals surface area contributed by atoms with Gasteiger partial charge in [0, 0.05) is 13.1 Å². The van der Waals surface area contributed by atoms with Crippen LogP contribution in [-0.4, -0.2) is 43.4 Å². The van der Waals surface area contributed by atoms with E-state index >= 15 is 0 Å². The average molecular weight is 145 g/mol. The van der Waals surface area contributed by atoms with E-state index in [1.807, 2.05) is 0 Å². The predicted octanol–water partition coefficient (Wildman–Crippen LogP) is 0.429. The molecule has 2 saturated heterocycles. The highest BCUT2D eigenvalue weighted by Gasteiger charge is 2.31. The lowest BCUT2D eigenvalue weighted by molar-refractivity contribution is -0.0584. The van der Waals surface area contributed by atoms with Crippen molar-refractivity contribution in [3.63, 3.8) is 0 Å². The Labute approximate surface area is 60.0 Å². The second-order valence-corrected chi connectivity index (χ2v) is 3.07. The summed E-state index contributed by atoms with van der Waals surface area (Å²) < 4.78 is 17.6. The molecule has 0 aliphatic carbocycles. The van der Waals surface area contributed by atoms with Gasteiger partial charge in [-0.05, 0) is 6.42 Å². The number of hydrogen-bond donors (Lipinski definition) is 0. The molecule has 2 fully saturated rings. The van der Waals surface area contributed by atoms with Crippen LogP contribution >= 0.6 is 0 Å². The van der Waals surface area contributed by atoms with Crippen molar-refractivity contribution in [3.8, 4) is 0 Å². The summed E-state index contributed by atoms with van der Waals surface area (Å²) in [5.74, 6) is 0. The Morgan fingerprint density at radius 1 is 1.40 bits per heavy atom. The lowest BCUT2D eigenvalue weighted by Gasteiger charge is -2.34. The summed E-state index contributed by atoms with van der Waals surface area (Å²) >= 11 is 0. The third-order valence-electron chi connectivity index (χ3n) is 2.30. The predicted molar refractivity (Wildman–Crippen MR) is 35.7 cm³/mol. The Balaban J connectivity index is 1.82. The number of alkyl halides is 1. The lowest BCUT2D eigenvalue weighted by atomic mass is 10.2. The second kappa shape index (κ2) is 2.47.